The van der Waals surface area contributed by atoms with Crippen molar-refractivity contribution in [2.45, 2.75) is 48.7 Å². The molecule has 2 atom stereocenters. The van der Waals surface area contributed by atoms with Crippen LogP contribution in [0.2, 0.25) is 0 Å². The minimum absolute atomic E-state index is 0.0337. The number of ketones is 1. The normalized spacial score (nSPS) is 24.9. The third-order valence-corrected chi connectivity index (χ3v) is 7.76. The molecule has 5 nitrogen and oxygen atoms in total. The van der Waals surface area contributed by atoms with Crippen LogP contribution in [-0.2, 0) is 10.0 Å². The van der Waals surface area contributed by atoms with Crippen LogP contribution in [0, 0.1) is 0 Å². The van der Waals surface area contributed by atoms with Crippen LogP contribution in [0.4, 0.5) is 0 Å². The number of hydrogen-bond donors (Lipinski definition) is 1. The van der Waals surface area contributed by atoms with E-state index in [4.69, 9.17) is 0 Å². The Morgan fingerprint density at radius 1 is 0.963 bits per heavy atom. The summed E-state index contributed by atoms with van der Waals surface area (Å²) in [5, 5.41) is 3.54. The Hall–Kier alpha value is -2.02. The minimum atomic E-state index is -3.76. The molecule has 2 saturated heterocycles. The summed E-state index contributed by atoms with van der Waals surface area (Å²) in [6.45, 7) is 0. The molecule has 142 valence electrons. The molecule has 2 bridgehead atoms. The van der Waals surface area contributed by atoms with Gasteiger partial charge < -0.3 is 5.32 Å². The number of rotatable bonds is 5. The summed E-state index contributed by atoms with van der Waals surface area (Å²) >= 11 is 0. The van der Waals surface area contributed by atoms with Gasteiger partial charge in [0.2, 0.25) is 10.0 Å². The van der Waals surface area contributed by atoms with Crippen molar-refractivity contribution in [2.24, 2.45) is 0 Å². The first kappa shape index (κ1) is 18.3. The van der Waals surface area contributed by atoms with E-state index in [1.165, 1.54) is 10.4 Å². The van der Waals surface area contributed by atoms with E-state index in [-0.39, 0.29) is 22.3 Å². The van der Waals surface area contributed by atoms with Gasteiger partial charge in [-0.25, -0.2) is 8.42 Å². The second-order valence-corrected chi connectivity index (χ2v) is 9.44. The quantitative estimate of drug-likeness (QED) is 0.805. The molecule has 6 heteroatoms. The monoisotopic (exact) mass is 384 g/mol. The van der Waals surface area contributed by atoms with E-state index in [1.807, 2.05) is 6.07 Å². The molecule has 0 aromatic heterocycles. The molecule has 27 heavy (non-hydrogen) atoms. The van der Waals surface area contributed by atoms with E-state index >= 15 is 0 Å². The Kier molecular flexibility index (Phi) is 4.88. The fourth-order valence-electron chi connectivity index (χ4n) is 4.30. The van der Waals surface area contributed by atoms with Crippen molar-refractivity contribution >= 4 is 15.8 Å². The Morgan fingerprint density at radius 2 is 1.56 bits per heavy atom. The van der Waals surface area contributed by atoms with Crippen molar-refractivity contribution in [3.05, 3.63) is 65.7 Å². The lowest BCUT2D eigenvalue weighted by Gasteiger charge is -2.35. The first-order valence-corrected chi connectivity index (χ1v) is 10.8. The molecular formula is C21H24N2O3S. The molecule has 2 heterocycles. The van der Waals surface area contributed by atoms with Gasteiger partial charge in [0.1, 0.15) is 0 Å². The number of piperidine rings is 1. The van der Waals surface area contributed by atoms with E-state index in [9.17, 15) is 13.2 Å². The predicted molar refractivity (Wildman–Crippen MR) is 104 cm³/mol. The lowest BCUT2D eigenvalue weighted by atomic mass is 10.0. The summed E-state index contributed by atoms with van der Waals surface area (Å²) in [4.78, 5) is 13.0. The highest BCUT2D eigenvalue weighted by Gasteiger charge is 2.39. The molecule has 2 aliphatic rings. The van der Waals surface area contributed by atoms with Gasteiger partial charge in [0.05, 0.1) is 4.90 Å². The van der Waals surface area contributed by atoms with Crippen LogP contribution in [0.5, 0.6) is 0 Å². The van der Waals surface area contributed by atoms with Gasteiger partial charge in [-0.1, -0.05) is 42.5 Å². The summed E-state index contributed by atoms with van der Waals surface area (Å²) < 4.78 is 28.2. The fraction of sp³-hybridized carbons (Fsp3) is 0.381. The average Bonchev–Trinajstić information content (AvgIpc) is 3.05. The van der Waals surface area contributed by atoms with E-state index in [2.05, 4.69) is 5.32 Å². The van der Waals surface area contributed by atoms with E-state index in [0.29, 0.717) is 17.6 Å². The lowest BCUT2D eigenvalue weighted by Crippen LogP contribution is -2.48. The molecule has 1 N–H and O–H groups in total. The molecule has 0 radical (unpaired) electrons. The SMILES string of the molecule is CN(C1CC2CCC(C1)N2)S(=O)(=O)c1ccccc1C(=O)c1ccccc1. The minimum Gasteiger partial charge on any atom is -0.311 e. The van der Waals surface area contributed by atoms with Crippen LogP contribution < -0.4 is 5.32 Å². The summed E-state index contributed by atoms with van der Waals surface area (Å²) in [5.74, 6) is -0.270. The van der Waals surface area contributed by atoms with Gasteiger partial charge in [-0.15, -0.1) is 0 Å². The molecule has 0 saturated carbocycles. The van der Waals surface area contributed by atoms with Gasteiger partial charge in [-0.3, -0.25) is 4.79 Å². The first-order chi connectivity index (χ1) is 13.0. The van der Waals surface area contributed by atoms with Gasteiger partial charge in [0, 0.05) is 36.3 Å². The maximum absolute atomic E-state index is 13.4. The number of hydrogen-bond acceptors (Lipinski definition) is 4. The topological polar surface area (TPSA) is 66.5 Å². The summed E-state index contributed by atoms with van der Waals surface area (Å²) in [7, 11) is -2.11. The zero-order chi connectivity index (χ0) is 19.0. The van der Waals surface area contributed by atoms with Gasteiger partial charge in [-0.2, -0.15) is 4.31 Å². The van der Waals surface area contributed by atoms with Crippen molar-refractivity contribution in [1.82, 2.24) is 9.62 Å². The van der Waals surface area contributed by atoms with Crippen LogP contribution in [0.15, 0.2) is 59.5 Å². The number of carbonyl (C=O) groups excluding carboxylic acids is 1. The molecular weight excluding hydrogens is 360 g/mol. The maximum atomic E-state index is 13.4. The Bertz CT molecular complexity index is 931. The van der Waals surface area contributed by atoms with Crippen molar-refractivity contribution in [3.63, 3.8) is 0 Å². The fourth-order valence-corrected chi connectivity index (χ4v) is 5.86. The molecule has 2 aromatic carbocycles. The summed E-state index contributed by atoms with van der Waals surface area (Å²) in [6.07, 6.45) is 3.86. The molecule has 2 aromatic rings. The number of sulfonamides is 1. The molecule has 0 spiro atoms. The Balaban J connectivity index is 1.67. The van der Waals surface area contributed by atoms with Crippen molar-refractivity contribution in [3.8, 4) is 0 Å². The zero-order valence-corrected chi connectivity index (χ0v) is 16.2. The number of carbonyl (C=O) groups is 1. The first-order valence-electron chi connectivity index (χ1n) is 9.39. The second-order valence-electron chi connectivity index (χ2n) is 7.48. The smallest absolute Gasteiger partial charge is 0.243 e. The third-order valence-electron chi connectivity index (χ3n) is 5.79. The number of benzene rings is 2. The van der Waals surface area contributed by atoms with Crippen LogP contribution in [-0.4, -0.2) is 43.7 Å². The number of nitrogens with one attached hydrogen (secondary N) is 1. The molecule has 2 unspecified atom stereocenters. The van der Waals surface area contributed by atoms with Gasteiger partial charge >= 0.3 is 0 Å². The maximum Gasteiger partial charge on any atom is 0.243 e. The van der Waals surface area contributed by atoms with Crippen LogP contribution >= 0.6 is 0 Å². The predicted octanol–water partition coefficient (Wildman–Crippen LogP) is 2.82. The van der Waals surface area contributed by atoms with Crippen LogP contribution in [0.1, 0.15) is 41.6 Å². The van der Waals surface area contributed by atoms with E-state index in [1.54, 1.807) is 49.5 Å². The van der Waals surface area contributed by atoms with Gasteiger partial charge in [0.25, 0.3) is 0 Å². The summed E-state index contributed by atoms with van der Waals surface area (Å²) in [6, 6.07) is 16.1. The standard InChI is InChI=1S/C21H24N2O3S/c1-23(18-13-16-11-12-17(14-18)22-16)27(25,26)20-10-6-5-9-19(20)21(24)15-7-3-2-4-8-15/h2-10,16-18,22H,11-14H2,1H3. The average molecular weight is 385 g/mol. The molecule has 2 fully saturated rings. The third kappa shape index (κ3) is 3.45. The highest BCUT2D eigenvalue weighted by molar-refractivity contribution is 7.89. The van der Waals surface area contributed by atoms with Crippen molar-refractivity contribution < 1.29 is 13.2 Å². The highest BCUT2D eigenvalue weighted by Crippen LogP contribution is 2.32. The van der Waals surface area contributed by atoms with Crippen LogP contribution in [0.25, 0.3) is 0 Å². The molecule has 0 amide bonds. The Labute approximate surface area is 160 Å². The zero-order valence-electron chi connectivity index (χ0n) is 15.3. The largest absolute Gasteiger partial charge is 0.311 e. The molecule has 4 rings (SSSR count). The lowest BCUT2D eigenvalue weighted by molar-refractivity contribution is 0.103. The van der Waals surface area contributed by atoms with Gasteiger partial charge in [0.15, 0.2) is 5.78 Å². The van der Waals surface area contributed by atoms with Gasteiger partial charge in [-0.05, 0) is 37.8 Å². The van der Waals surface area contributed by atoms with Crippen molar-refractivity contribution in [1.29, 1.82) is 0 Å². The number of nitrogens with zero attached hydrogens (tertiary/aromatic N) is 1. The van der Waals surface area contributed by atoms with Crippen molar-refractivity contribution in [2.75, 3.05) is 7.05 Å². The summed E-state index contributed by atoms with van der Waals surface area (Å²) in [5.41, 5.74) is 0.718. The molecule has 0 aliphatic carbocycles. The van der Waals surface area contributed by atoms with E-state index in [0.717, 1.165) is 25.7 Å². The van der Waals surface area contributed by atoms with Crippen LogP contribution in [0.3, 0.4) is 0 Å². The van der Waals surface area contributed by atoms with E-state index < -0.39 is 10.0 Å². The Morgan fingerprint density at radius 3 is 2.22 bits per heavy atom. The number of fused-ring (bicyclic) bond motifs is 2. The second kappa shape index (κ2) is 7.19. The highest BCUT2D eigenvalue weighted by atomic mass is 32.2. The molecule has 2 aliphatic heterocycles.